The number of hydrogen-bond donors (Lipinski definition) is 3. The van der Waals surface area contributed by atoms with Gasteiger partial charge in [-0.1, -0.05) is 12.1 Å². The van der Waals surface area contributed by atoms with Crippen LogP contribution in [0.2, 0.25) is 0 Å². The second kappa shape index (κ2) is 8.12. The lowest BCUT2D eigenvalue weighted by Crippen LogP contribution is -2.27. The van der Waals surface area contributed by atoms with Gasteiger partial charge in [0.05, 0.1) is 17.9 Å². The maximum Gasteiger partial charge on any atom is 0.253 e. The van der Waals surface area contributed by atoms with Gasteiger partial charge in [-0.25, -0.2) is 0 Å². The van der Waals surface area contributed by atoms with Gasteiger partial charge < -0.3 is 21.1 Å². The predicted octanol–water partition coefficient (Wildman–Crippen LogP) is 2.59. The van der Waals surface area contributed by atoms with Crippen LogP contribution in [0.4, 0.5) is 17.1 Å². The molecule has 0 heterocycles. The third kappa shape index (κ3) is 4.57. The van der Waals surface area contributed by atoms with Crippen LogP contribution in [-0.2, 0) is 4.74 Å². The van der Waals surface area contributed by atoms with E-state index in [0.29, 0.717) is 35.7 Å². The minimum absolute atomic E-state index is 0.0199. The van der Waals surface area contributed by atoms with E-state index in [2.05, 4.69) is 10.6 Å². The number of Topliss-reactive ketones (excluding diaryl/α,β-unsaturated/α-hetero) is 1. The molecule has 0 fully saturated rings. The highest BCUT2D eigenvalue weighted by Crippen LogP contribution is 2.24. The molecule has 0 unspecified atom stereocenters. The second-order valence-corrected chi connectivity index (χ2v) is 5.32. The number of amides is 1. The topological polar surface area (TPSA) is 93.4 Å². The molecule has 0 aromatic heterocycles. The number of methoxy groups -OCH3 is 1. The average molecular weight is 327 g/mol. The first kappa shape index (κ1) is 17.5. The Kier molecular flexibility index (Phi) is 5.92. The number of ketones is 1. The third-order valence-electron chi connectivity index (χ3n) is 3.43. The van der Waals surface area contributed by atoms with Crippen LogP contribution in [0.1, 0.15) is 27.6 Å². The number of hydrogen-bond acceptors (Lipinski definition) is 5. The van der Waals surface area contributed by atoms with Gasteiger partial charge in [0.1, 0.15) is 0 Å². The molecule has 0 bridgehead atoms. The first-order valence-electron chi connectivity index (χ1n) is 7.56. The zero-order valence-electron chi connectivity index (χ0n) is 13.8. The monoisotopic (exact) mass is 327 g/mol. The highest BCUT2D eigenvalue weighted by Gasteiger charge is 2.12. The first-order valence-corrected chi connectivity index (χ1v) is 7.56. The lowest BCUT2D eigenvalue weighted by atomic mass is 10.1. The van der Waals surface area contributed by atoms with E-state index in [1.54, 1.807) is 43.5 Å². The Morgan fingerprint density at radius 3 is 2.67 bits per heavy atom. The van der Waals surface area contributed by atoms with Crippen LogP contribution in [0.5, 0.6) is 0 Å². The van der Waals surface area contributed by atoms with E-state index in [9.17, 15) is 9.59 Å². The summed E-state index contributed by atoms with van der Waals surface area (Å²) in [5.41, 5.74) is 8.66. The fourth-order valence-corrected chi connectivity index (χ4v) is 2.19. The summed E-state index contributed by atoms with van der Waals surface area (Å²) in [5, 5.41) is 5.94. The van der Waals surface area contributed by atoms with Gasteiger partial charge in [0.25, 0.3) is 5.91 Å². The molecule has 0 radical (unpaired) electrons. The molecule has 24 heavy (non-hydrogen) atoms. The number of anilines is 3. The zero-order chi connectivity index (χ0) is 17.5. The molecule has 6 heteroatoms. The van der Waals surface area contributed by atoms with Crippen molar-refractivity contribution in [2.24, 2.45) is 0 Å². The predicted molar refractivity (Wildman–Crippen MR) is 94.8 cm³/mol. The van der Waals surface area contributed by atoms with Crippen LogP contribution in [0.15, 0.2) is 42.5 Å². The van der Waals surface area contributed by atoms with Gasteiger partial charge in [-0.05, 0) is 37.3 Å². The van der Waals surface area contributed by atoms with Crippen molar-refractivity contribution in [3.8, 4) is 0 Å². The molecular formula is C18H21N3O3. The average Bonchev–Trinajstić information content (AvgIpc) is 2.57. The van der Waals surface area contributed by atoms with Gasteiger partial charge in [0.15, 0.2) is 5.78 Å². The first-order chi connectivity index (χ1) is 11.5. The zero-order valence-corrected chi connectivity index (χ0v) is 13.8. The molecule has 0 saturated carbocycles. The number of nitrogens with one attached hydrogen (secondary N) is 2. The standard InChI is InChI=1S/C18H21N3O3/c1-12(22)13-4-3-5-15(10-13)21-17-7-6-14(19)11-16(17)18(23)20-8-9-24-2/h3-7,10-11,21H,8-9,19H2,1-2H3,(H,20,23). The van der Waals surface area contributed by atoms with Crippen LogP contribution in [-0.4, -0.2) is 32.0 Å². The van der Waals surface area contributed by atoms with Crippen LogP contribution in [0.25, 0.3) is 0 Å². The summed E-state index contributed by atoms with van der Waals surface area (Å²) in [4.78, 5) is 23.8. The van der Waals surface area contributed by atoms with E-state index in [1.807, 2.05) is 6.07 Å². The van der Waals surface area contributed by atoms with Crippen molar-refractivity contribution in [3.63, 3.8) is 0 Å². The summed E-state index contributed by atoms with van der Waals surface area (Å²) in [6.45, 7) is 2.35. The van der Waals surface area contributed by atoms with Crippen LogP contribution in [0.3, 0.4) is 0 Å². The molecule has 2 rings (SSSR count). The molecule has 0 saturated heterocycles. The molecule has 0 aliphatic rings. The van der Waals surface area contributed by atoms with Crippen molar-refractivity contribution in [3.05, 3.63) is 53.6 Å². The fraction of sp³-hybridized carbons (Fsp3) is 0.222. The van der Waals surface area contributed by atoms with E-state index in [1.165, 1.54) is 6.92 Å². The van der Waals surface area contributed by atoms with Crippen molar-refractivity contribution in [2.45, 2.75) is 6.92 Å². The normalized spacial score (nSPS) is 10.2. The van der Waals surface area contributed by atoms with Gasteiger partial charge in [0, 0.05) is 30.6 Å². The molecule has 0 aliphatic carbocycles. The summed E-state index contributed by atoms with van der Waals surface area (Å²) < 4.78 is 4.93. The quantitative estimate of drug-likeness (QED) is 0.413. The number of carbonyl (C=O) groups excluding carboxylic acids is 2. The molecule has 0 atom stereocenters. The van der Waals surface area contributed by atoms with Crippen molar-refractivity contribution in [2.75, 3.05) is 31.3 Å². The molecule has 4 N–H and O–H groups in total. The van der Waals surface area contributed by atoms with E-state index in [4.69, 9.17) is 10.5 Å². The van der Waals surface area contributed by atoms with E-state index < -0.39 is 0 Å². The maximum atomic E-state index is 12.3. The Hall–Kier alpha value is -2.86. The van der Waals surface area contributed by atoms with Gasteiger partial charge in [-0.3, -0.25) is 9.59 Å². The number of ether oxygens (including phenoxy) is 1. The van der Waals surface area contributed by atoms with Gasteiger partial charge in [0.2, 0.25) is 0 Å². The fourth-order valence-electron chi connectivity index (χ4n) is 2.19. The smallest absolute Gasteiger partial charge is 0.253 e. The second-order valence-electron chi connectivity index (χ2n) is 5.32. The van der Waals surface area contributed by atoms with Crippen molar-refractivity contribution in [1.82, 2.24) is 5.32 Å². The van der Waals surface area contributed by atoms with Gasteiger partial charge >= 0.3 is 0 Å². The Balaban J connectivity index is 2.25. The van der Waals surface area contributed by atoms with E-state index in [-0.39, 0.29) is 11.7 Å². The Morgan fingerprint density at radius 2 is 1.96 bits per heavy atom. The summed E-state index contributed by atoms with van der Waals surface area (Å²) >= 11 is 0. The van der Waals surface area contributed by atoms with Crippen LogP contribution >= 0.6 is 0 Å². The largest absolute Gasteiger partial charge is 0.399 e. The molecule has 0 spiro atoms. The number of rotatable bonds is 7. The SMILES string of the molecule is COCCNC(=O)c1cc(N)ccc1Nc1cccc(C(C)=O)c1. The minimum atomic E-state index is -0.246. The van der Waals surface area contributed by atoms with Crippen molar-refractivity contribution in [1.29, 1.82) is 0 Å². The van der Waals surface area contributed by atoms with Gasteiger partial charge in [-0.15, -0.1) is 0 Å². The highest BCUT2D eigenvalue weighted by molar-refractivity contribution is 6.01. The highest BCUT2D eigenvalue weighted by atomic mass is 16.5. The lowest BCUT2D eigenvalue weighted by Gasteiger charge is -2.13. The third-order valence-corrected chi connectivity index (χ3v) is 3.43. The van der Waals surface area contributed by atoms with Gasteiger partial charge in [-0.2, -0.15) is 0 Å². The Bertz CT molecular complexity index is 744. The summed E-state index contributed by atoms with van der Waals surface area (Å²) in [6, 6.07) is 12.2. The molecule has 2 aromatic carbocycles. The van der Waals surface area contributed by atoms with Crippen LogP contribution < -0.4 is 16.4 Å². The molecule has 2 aromatic rings. The summed E-state index contributed by atoms with van der Waals surface area (Å²) in [5.74, 6) is -0.266. The minimum Gasteiger partial charge on any atom is -0.399 e. The number of nitrogen functional groups attached to an aromatic ring is 1. The number of carbonyl (C=O) groups is 2. The van der Waals surface area contributed by atoms with Crippen molar-refractivity contribution >= 4 is 28.8 Å². The molecular weight excluding hydrogens is 306 g/mol. The summed E-state index contributed by atoms with van der Waals surface area (Å²) in [7, 11) is 1.57. The Labute approximate surface area is 141 Å². The Morgan fingerprint density at radius 1 is 1.17 bits per heavy atom. The van der Waals surface area contributed by atoms with Crippen LogP contribution in [0, 0.1) is 0 Å². The lowest BCUT2D eigenvalue weighted by molar-refractivity contribution is 0.0937. The maximum absolute atomic E-state index is 12.3. The summed E-state index contributed by atoms with van der Waals surface area (Å²) in [6.07, 6.45) is 0. The van der Waals surface area contributed by atoms with Crippen molar-refractivity contribution < 1.29 is 14.3 Å². The van der Waals surface area contributed by atoms with E-state index in [0.717, 1.165) is 5.69 Å². The molecule has 1 amide bonds. The molecule has 126 valence electrons. The number of benzene rings is 2. The molecule has 6 nitrogen and oxygen atoms in total. The number of nitrogens with two attached hydrogens (primary N) is 1. The van der Waals surface area contributed by atoms with E-state index >= 15 is 0 Å². The molecule has 0 aliphatic heterocycles.